The van der Waals surface area contributed by atoms with E-state index < -0.39 is 0 Å². The fraction of sp³-hybridized carbons (Fsp3) is 0. The molecule has 4 nitrogen and oxygen atoms in total. The fourth-order valence-corrected chi connectivity index (χ4v) is 7.64. The Hall–Kier alpha value is -6.04. The van der Waals surface area contributed by atoms with Crippen LogP contribution in [0.2, 0.25) is 0 Å². The van der Waals surface area contributed by atoms with Crippen LogP contribution in [-0.4, -0.2) is 15.0 Å². The summed E-state index contributed by atoms with van der Waals surface area (Å²) in [7, 11) is 0. The molecule has 0 saturated heterocycles. The summed E-state index contributed by atoms with van der Waals surface area (Å²) >= 11 is 1.80. The van der Waals surface area contributed by atoms with Gasteiger partial charge in [-0.2, -0.15) is 0 Å². The van der Waals surface area contributed by atoms with Crippen molar-refractivity contribution in [3.05, 3.63) is 170 Å². The standard InChI is InChI=1S/C43H28N4S/c1-4-15-29(16-5-1)41-44-42(30-17-6-2-7-18-30)46-43(45-41)35-27-28-39-40-33(22-14-23-34(35)40)32-21-10-11-24-36(32)47(31-19-8-3-9-20-31)37-25-12-13-26-38(37)48-39/h1-28H. The summed E-state index contributed by atoms with van der Waals surface area (Å²) in [6.07, 6.45) is 0. The summed E-state index contributed by atoms with van der Waals surface area (Å²) in [5.74, 6) is 1.95. The van der Waals surface area contributed by atoms with Crippen LogP contribution in [0.1, 0.15) is 0 Å². The molecule has 0 unspecified atom stereocenters. The van der Waals surface area contributed by atoms with E-state index in [1.165, 1.54) is 20.7 Å². The van der Waals surface area contributed by atoms with Crippen LogP contribution in [0.4, 0.5) is 17.1 Å². The minimum absolute atomic E-state index is 0.649. The number of aromatic nitrogens is 3. The first kappa shape index (κ1) is 28.2. The van der Waals surface area contributed by atoms with E-state index >= 15 is 0 Å². The third-order valence-corrected chi connectivity index (χ3v) is 9.84. The van der Waals surface area contributed by atoms with Gasteiger partial charge in [-0.15, -0.1) is 0 Å². The molecule has 0 aliphatic carbocycles. The van der Waals surface area contributed by atoms with E-state index in [2.05, 4.69) is 114 Å². The van der Waals surface area contributed by atoms with Crippen molar-refractivity contribution in [2.75, 3.05) is 4.90 Å². The zero-order valence-corrected chi connectivity index (χ0v) is 26.7. The first-order valence-corrected chi connectivity index (χ1v) is 16.8. The highest BCUT2D eigenvalue weighted by atomic mass is 32.2. The molecular weight excluding hydrogens is 605 g/mol. The maximum Gasteiger partial charge on any atom is 0.164 e. The van der Waals surface area contributed by atoms with Gasteiger partial charge in [0.1, 0.15) is 0 Å². The Morgan fingerprint density at radius 2 is 0.938 bits per heavy atom. The van der Waals surface area contributed by atoms with Crippen molar-refractivity contribution in [1.82, 2.24) is 15.0 Å². The Labute approximate surface area is 283 Å². The minimum atomic E-state index is 0.649. The van der Waals surface area contributed by atoms with Crippen LogP contribution in [0, 0.1) is 0 Å². The molecule has 5 heteroatoms. The van der Waals surface area contributed by atoms with E-state index in [4.69, 9.17) is 15.0 Å². The monoisotopic (exact) mass is 632 g/mol. The third-order valence-electron chi connectivity index (χ3n) is 8.72. The van der Waals surface area contributed by atoms with Crippen molar-refractivity contribution in [2.24, 2.45) is 0 Å². The Kier molecular flexibility index (Phi) is 7.03. The number of nitrogens with zero attached hydrogens (tertiary/aromatic N) is 4. The van der Waals surface area contributed by atoms with Crippen molar-refractivity contribution < 1.29 is 0 Å². The van der Waals surface area contributed by atoms with Gasteiger partial charge in [-0.3, -0.25) is 0 Å². The summed E-state index contributed by atoms with van der Waals surface area (Å²) in [4.78, 5) is 19.9. The molecular formula is C43H28N4S. The van der Waals surface area contributed by atoms with E-state index in [0.29, 0.717) is 17.5 Å². The summed E-state index contributed by atoms with van der Waals surface area (Å²) in [5.41, 5.74) is 8.58. The van der Waals surface area contributed by atoms with Crippen molar-refractivity contribution >= 4 is 39.6 Å². The number of para-hydroxylation sites is 3. The van der Waals surface area contributed by atoms with E-state index in [1.807, 2.05) is 60.7 Å². The molecule has 0 bridgehead atoms. The first-order valence-electron chi connectivity index (χ1n) is 16.0. The lowest BCUT2D eigenvalue weighted by Gasteiger charge is -2.28. The second-order valence-corrected chi connectivity index (χ2v) is 12.7. The lowest BCUT2D eigenvalue weighted by molar-refractivity contribution is 1.08. The Morgan fingerprint density at radius 1 is 0.375 bits per heavy atom. The van der Waals surface area contributed by atoms with Crippen molar-refractivity contribution in [2.45, 2.75) is 9.79 Å². The minimum Gasteiger partial charge on any atom is -0.309 e. The van der Waals surface area contributed by atoms with Crippen LogP contribution in [0.3, 0.4) is 0 Å². The average Bonchev–Trinajstić information content (AvgIpc) is 3.21. The average molecular weight is 633 g/mol. The zero-order chi connectivity index (χ0) is 31.9. The van der Waals surface area contributed by atoms with Gasteiger partial charge in [-0.1, -0.05) is 139 Å². The molecule has 1 aromatic heterocycles. The maximum absolute atomic E-state index is 5.11. The van der Waals surface area contributed by atoms with Crippen LogP contribution in [0.25, 0.3) is 56.1 Å². The molecule has 0 radical (unpaired) electrons. The second-order valence-electron chi connectivity index (χ2n) is 11.6. The number of anilines is 3. The molecule has 0 atom stereocenters. The van der Waals surface area contributed by atoms with E-state index in [1.54, 1.807) is 11.8 Å². The predicted molar refractivity (Wildman–Crippen MR) is 198 cm³/mol. The van der Waals surface area contributed by atoms with Crippen LogP contribution < -0.4 is 4.90 Å². The zero-order valence-electron chi connectivity index (χ0n) is 25.9. The topological polar surface area (TPSA) is 41.9 Å². The Morgan fingerprint density at radius 3 is 1.65 bits per heavy atom. The second kappa shape index (κ2) is 12.0. The Balaban J connectivity index is 1.33. The van der Waals surface area contributed by atoms with Gasteiger partial charge in [0.2, 0.25) is 0 Å². The van der Waals surface area contributed by atoms with Crippen molar-refractivity contribution in [3.8, 4) is 45.3 Å². The molecule has 226 valence electrons. The molecule has 48 heavy (non-hydrogen) atoms. The highest BCUT2D eigenvalue weighted by molar-refractivity contribution is 7.99. The number of fused-ring (bicyclic) bond motifs is 3. The van der Waals surface area contributed by atoms with Gasteiger partial charge in [0.05, 0.1) is 11.4 Å². The van der Waals surface area contributed by atoms with Crippen molar-refractivity contribution in [1.29, 1.82) is 0 Å². The van der Waals surface area contributed by atoms with Gasteiger partial charge in [0.15, 0.2) is 17.5 Å². The van der Waals surface area contributed by atoms with Gasteiger partial charge in [-0.25, -0.2) is 15.0 Å². The number of hydrogen-bond acceptors (Lipinski definition) is 5. The quantitative estimate of drug-likeness (QED) is 0.193. The van der Waals surface area contributed by atoms with Gasteiger partial charge < -0.3 is 4.90 Å². The predicted octanol–water partition coefficient (Wildman–Crippen LogP) is 11.6. The van der Waals surface area contributed by atoms with Crippen LogP contribution in [0.5, 0.6) is 0 Å². The van der Waals surface area contributed by atoms with E-state index in [-0.39, 0.29) is 0 Å². The number of benzene rings is 7. The molecule has 0 fully saturated rings. The number of rotatable bonds is 4. The van der Waals surface area contributed by atoms with Gasteiger partial charge in [0, 0.05) is 43.1 Å². The molecule has 1 aliphatic rings. The molecule has 0 saturated carbocycles. The summed E-state index contributed by atoms with van der Waals surface area (Å²) in [6, 6.07) is 59.3. The SMILES string of the molecule is c1ccc(-c2nc(-c3ccccc3)nc(-c3ccc4c5c(cccc35)-c3ccccc3N(c3ccccc3)c3ccccc3S4)n2)cc1. The van der Waals surface area contributed by atoms with Gasteiger partial charge >= 0.3 is 0 Å². The molecule has 8 aromatic rings. The largest absolute Gasteiger partial charge is 0.309 e. The van der Waals surface area contributed by atoms with E-state index in [0.717, 1.165) is 44.7 Å². The summed E-state index contributed by atoms with van der Waals surface area (Å²) < 4.78 is 0. The van der Waals surface area contributed by atoms with Gasteiger partial charge in [-0.05, 0) is 53.4 Å². The normalized spacial score (nSPS) is 12.0. The molecule has 0 amide bonds. The molecule has 0 spiro atoms. The highest BCUT2D eigenvalue weighted by Gasteiger charge is 2.25. The van der Waals surface area contributed by atoms with Crippen LogP contribution >= 0.6 is 11.8 Å². The Bertz CT molecular complexity index is 2370. The third kappa shape index (κ3) is 4.93. The lowest BCUT2D eigenvalue weighted by Crippen LogP contribution is -2.11. The first-order chi connectivity index (χ1) is 23.8. The summed E-state index contributed by atoms with van der Waals surface area (Å²) in [6.45, 7) is 0. The van der Waals surface area contributed by atoms with Gasteiger partial charge in [0.25, 0.3) is 0 Å². The number of hydrogen-bond donors (Lipinski definition) is 0. The smallest absolute Gasteiger partial charge is 0.164 e. The van der Waals surface area contributed by atoms with Crippen LogP contribution in [-0.2, 0) is 0 Å². The highest BCUT2D eigenvalue weighted by Crippen LogP contribution is 2.51. The molecule has 0 N–H and O–H groups in total. The lowest BCUT2D eigenvalue weighted by atomic mass is 9.93. The maximum atomic E-state index is 5.11. The molecule has 7 aromatic carbocycles. The van der Waals surface area contributed by atoms with Crippen molar-refractivity contribution in [3.63, 3.8) is 0 Å². The van der Waals surface area contributed by atoms with E-state index in [9.17, 15) is 0 Å². The summed E-state index contributed by atoms with van der Waals surface area (Å²) in [5, 5.41) is 2.28. The fourth-order valence-electron chi connectivity index (χ4n) is 6.54. The molecule has 2 heterocycles. The molecule has 1 aliphatic heterocycles. The molecule has 9 rings (SSSR count). The van der Waals surface area contributed by atoms with Crippen LogP contribution in [0.15, 0.2) is 180 Å².